The molecule has 2 rings (SSSR count). The minimum Gasteiger partial charge on any atom is -0.278 e. The standard InChI is InChI=1S/C9H6BrN3/c1-6-7(5-11)13-8(10)3-2-4-9(13)12-6/h2-4H,1H3. The van der Waals surface area contributed by atoms with E-state index in [-0.39, 0.29) is 0 Å². The SMILES string of the molecule is Cc1nc2cccc(Br)n2c1C#N. The lowest BCUT2D eigenvalue weighted by atomic mass is 10.4. The molecule has 0 N–H and O–H groups in total. The molecular weight excluding hydrogens is 230 g/mol. The number of rotatable bonds is 0. The predicted molar refractivity (Wildman–Crippen MR) is 52.3 cm³/mol. The summed E-state index contributed by atoms with van der Waals surface area (Å²) in [7, 11) is 0. The third-order valence-corrected chi connectivity index (χ3v) is 2.50. The molecule has 0 amide bonds. The Bertz CT molecular complexity index is 507. The van der Waals surface area contributed by atoms with E-state index in [1.54, 1.807) is 4.40 Å². The fourth-order valence-electron chi connectivity index (χ4n) is 1.30. The van der Waals surface area contributed by atoms with Crippen LogP contribution in [0.4, 0.5) is 0 Å². The van der Waals surface area contributed by atoms with Crippen molar-refractivity contribution in [3.63, 3.8) is 0 Å². The van der Waals surface area contributed by atoms with Gasteiger partial charge < -0.3 is 0 Å². The minimum absolute atomic E-state index is 0.586. The van der Waals surface area contributed by atoms with Gasteiger partial charge in [0.1, 0.15) is 17.4 Å². The van der Waals surface area contributed by atoms with E-state index in [4.69, 9.17) is 5.26 Å². The summed E-state index contributed by atoms with van der Waals surface area (Å²) in [5.41, 5.74) is 2.14. The summed E-state index contributed by atoms with van der Waals surface area (Å²) >= 11 is 3.37. The summed E-state index contributed by atoms with van der Waals surface area (Å²) in [5.74, 6) is 0. The zero-order valence-corrected chi connectivity index (χ0v) is 8.54. The number of imidazole rings is 1. The molecule has 0 aliphatic carbocycles. The van der Waals surface area contributed by atoms with Crippen molar-refractivity contribution in [3.05, 3.63) is 34.2 Å². The Labute approximate surface area is 83.8 Å². The fourth-order valence-corrected chi connectivity index (χ4v) is 1.81. The molecule has 0 fully saturated rings. The zero-order valence-electron chi connectivity index (χ0n) is 6.95. The van der Waals surface area contributed by atoms with Crippen LogP contribution in [0.3, 0.4) is 0 Å². The summed E-state index contributed by atoms with van der Waals surface area (Å²) < 4.78 is 2.64. The number of pyridine rings is 1. The second-order valence-corrected chi connectivity index (χ2v) is 3.51. The molecule has 0 saturated heterocycles. The van der Waals surface area contributed by atoms with Gasteiger partial charge >= 0.3 is 0 Å². The van der Waals surface area contributed by atoms with Crippen molar-refractivity contribution in [3.8, 4) is 6.07 Å². The van der Waals surface area contributed by atoms with Crippen molar-refractivity contribution in [1.82, 2.24) is 9.38 Å². The third-order valence-electron chi connectivity index (χ3n) is 1.88. The molecule has 2 aromatic rings. The molecule has 0 spiro atoms. The van der Waals surface area contributed by atoms with Gasteiger partial charge in [-0.05, 0) is 35.0 Å². The Hall–Kier alpha value is -1.34. The van der Waals surface area contributed by atoms with Gasteiger partial charge in [0.05, 0.1) is 10.3 Å². The van der Waals surface area contributed by atoms with Crippen LogP contribution in [0, 0.1) is 18.3 Å². The van der Waals surface area contributed by atoms with Gasteiger partial charge in [0.15, 0.2) is 0 Å². The van der Waals surface area contributed by atoms with Crippen LogP contribution in [0.2, 0.25) is 0 Å². The molecule has 0 aliphatic heterocycles. The van der Waals surface area contributed by atoms with Crippen molar-refractivity contribution < 1.29 is 0 Å². The van der Waals surface area contributed by atoms with Gasteiger partial charge in [-0.2, -0.15) is 5.26 Å². The number of nitriles is 1. The average molecular weight is 236 g/mol. The van der Waals surface area contributed by atoms with Crippen LogP contribution >= 0.6 is 15.9 Å². The predicted octanol–water partition coefficient (Wildman–Crippen LogP) is 2.28. The highest BCUT2D eigenvalue weighted by Gasteiger charge is 2.08. The van der Waals surface area contributed by atoms with E-state index < -0.39 is 0 Å². The van der Waals surface area contributed by atoms with Crippen molar-refractivity contribution in [2.24, 2.45) is 0 Å². The van der Waals surface area contributed by atoms with E-state index in [9.17, 15) is 0 Å². The number of aromatic nitrogens is 2. The van der Waals surface area contributed by atoms with E-state index in [0.29, 0.717) is 5.69 Å². The monoisotopic (exact) mass is 235 g/mol. The van der Waals surface area contributed by atoms with Crippen LogP contribution in [0.1, 0.15) is 11.4 Å². The number of hydrogen-bond donors (Lipinski definition) is 0. The fraction of sp³-hybridized carbons (Fsp3) is 0.111. The number of nitrogens with zero attached hydrogens (tertiary/aromatic N) is 3. The van der Waals surface area contributed by atoms with Crippen LogP contribution in [0.15, 0.2) is 22.8 Å². The highest BCUT2D eigenvalue weighted by Crippen LogP contribution is 2.17. The molecule has 0 aliphatic rings. The Balaban J connectivity index is 2.99. The highest BCUT2D eigenvalue weighted by molar-refractivity contribution is 9.10. The first kappa shape index (κ1) is 8.27. The van der Waals surface area contributed by atoms with Crippen LogP contribution in [-0.4, -0.2) is 9.38 Å². The van der Waals surface area contributed by atoms with E-state index in [0.717, 1.165) is 15.9 Å². The van der Waals surface area contributed by atoms with Crippen molar-refractivity contribution >= 4 is 21.6 Å². The van der Waals surface area contributed by atoms with Gasteiger partial charge in [-0.1, -0.05) is 6.07 Å². The largest absolute Gasteiger partial charge is 0.278 e. The molecule has 0 aromatic carbocycles. The normalized spacial score (nSPS) is 10.2. The number of halogens is 1. The van der Waals surface area contributed by atoms with Gasteiger partial charge in [-0.15, -0.1) is 0 Å². The maximum absolute atomic E-state index is 8.90. The van der Waals surface area contributed by atoms with Crippen LogP contribution < -0.4 is 0 Å². The maximum atomic E-state index is 8.90. The number of fused-ring (bicyclic) bond motifs is 1. The van der Waals surface area contributed by atoms with Gasteiger partial charge in [0.2, 0.25) is 0 Å². The third kappa shape index (κ3) is 1.12. The molecule has 64 valence electrons. The molecule has 13 heavy (non-hydrogen) atoms. The molecule has 3 nitrogen and oxygen atoms in total. The summed E-state index contributed by atoms with van der Waals surface area (Å²) in [6.07, 6.45) is 0. The van der Waals surface area contributed by atoms with Gasteiger partial charge in [0, 0.05) is 0 Å². The second kappa shape index (κ2) is 2.86. The lowest BCUT2D eigenvalue weighted by Gasteiger charge is -1.96. The van der Waals surface area contributed by atoms with E-state index in [1.807, 2.05) is 25.1 Å². The van der Waals surface area contributed by atoms with E-state index >= 15 is 0 Å². The summed E-state index contributed by atoms with van der Waals surface area (Å²) in [5, 5.41) is 8.90. The first-order chi connectivity index (χ1) is 6.24. The molecule has 0 saturated carbocycles. The lowest BCUT2D eigenvalue weighted by Crippen LogP contribution is -1.90. The second-order valence-electron chi connectivity index (χ2n) is 2.70. The molecule has 0 radical (unpaired) electrons. The maximum Gasteiger partial charge on any atom is 0.148 e. The topological polar surface area (TPSA) is 41.1 Å². The number of aryl methyl sites for hydroxylation is 1. The van der Waals surface area contributed by atoms with Crippen molar-refractivity contribution in [1.29, 1.82) is 5.26 Å². The highest BCUT2D eigenvalue weighted by atomic mass is 79.9. The summed E-state index contributed by atoms with van der Waals surface area (Å²) in [6, 6.07) is 7.78. The summed E-state index contributed by atoms with van der Waals surface area (Å²) in [6.45, 7) is 1.83. The Morgan fingerprint density at radius 1 is 1.54 bits per heavy atom. The first-order valence-electron chi connectivity index (χ1n) is 3.77. The molecule has 2 heterocycles. The Kier molecular flexibility index (Phi) is 1.82. The van der Waals surface area contributed by atoms with Gasteiger partial charge in [0.25, 0.3) is 0 Å². The van der Waals surface area contributed by atoms with Crippen LogP contribution in [0.25, 0.3) is 5.65 Å². The quantitative estimate of drug-likeness (QED) is 0.658. The smallest absolute Gasteiger partial charge is 0.148 e. The molecule has 0 unspecified atom stereocenters. The number of hydrogen-bond acceptors (Lipinski definition) is 2. The summed E-state index contributed by atoms with van der Waals surface area (Å²) in [4.78, 5) is 4.26. The Morgan fingerprint density at radius 3 is 3.00 bits per heavy atom. The minimum atomic E-state index is 0.586. The molecule has 0 atom stereocenters. The molecular formula is C9H6BrN3. The van der Waals surface area contributed by atoms with Gasteiger partial charge in [-0.25, -0.2) is 4.98 Å². The van der Waals surface area contributed by atoms with E-state index in [1.165, 1.54) is 0 Å². The average Bonchev–Trinajstić information content (AvgIpc) is 2.42. The Morgan fingerprint density at radius 2 is 2.31 bits per heavy atom. The lowest BCUT2D eigenvalue weighted by molar-refractivity contribution is 1.11. The van der Waals surface area contributed by atoms with E-state index in [2.05, 4.69) is 27.0 Å². The zero-order chi connectivity index (χ0) is 9.42. The van der Waals surface area contributed by atoms with Gasteiger partial charge in [-0.3, -0.25) is 4.40 Å². The van der Waals surface area contributed by atoms with Crippen molar-refractivity contribution in [2.45, 2.75) is 6.92 Å². The molecule has 4 heteroatoms. The van der Waals surface area contributed by atoms with Crippen LogP contribution in [0.5, 0.6) is 0 Å². The molecule has 0 bridgehead atoms. The van der Waals surface area contributed by atoms with Crippen molar-refractivity contribution in [2.75, 3.05) is 0 Å². The molecule has 2 aromatic heterocycles. The first-order valence-corrected chi connectivity index (χ1v) is 4.57. The van der Waals surface area contributed by atoms with Crippen LogP contribution in [-0.2, 0) is 0 Å².